The maximum absolute atomic E-state index is 14.5. The van der Waals surface area contributed by atoms with Gasteiger partial charge in [-0.3, -0.25) is 9.59 Å². The van der Waals surface area contributed by atoms with Gasteiger partial charge >= 0.3 is 17.9 Å². The highest BCUT2D eigenvalue weighted by molar-refractivity contribution is 5.91. The Labute approximate surface area is 432 Å². The molecule has 0 aromatic heterocycles. The Hall–Kier alpha value is -5.10. The summed E-state index contributed by atoms with van der Waals surface area (Å²) < 4.78 is 94.1. The van der Waals surface area contributed by atoms with Crippen LogP contribution in [0.4, 0.5) is 22.0 Å². The second-order valence-electron chi connectivity index (χ2n) is 19.4. The second kappa shape index (κ2) is 35.2. The van der Waals surface area contributed by atoms with E-state index in [-0.39, 0.29) is 31.6 Å². The van der Waals surface area contributed by atoms with Gasteiger partial charge in [-0.25, -0.2) is 18.0 Å². The number of unbranched alkanes of at least 4 members (excludes halogenated alkanes) is 24. The molecule has 0 radical (unpaired) electrons. The van der Waals surface area contributed by atoms with E-state index >= 15 is 0 Å². The zero-order valence-corrected chi connectivity index (χ0v) is 43.6. The van der Waals surface area contributed by atoms with Crippen molar-refractivity contribution in [1.29, 1.82) is 0 Å². The summed E-state index contributed by atoms with van der Waals surface area (Å²) >= 11 is 0. The zero-order chi connectivity index (χ0) is 52.5. The largest absolute Gasteiger partial charge is 0.462 e. The fraction of sp³-hybridized carbons (Fsp3) is 0.557. The van der Waals surface area contributed by atoms with Crippen molar-refractivity contribution in [2.24, 2.45) is 0 Å². The van der Waals surface area contributed by atoms with E-state index in [1.54, 1.807) is 0 Å². The Balaban J connectivity index is 1.45. The van der Waals surface area contributed by atoms with Crippen molar-refractivity contribution in [2.75, 3.05) is 13.2 Å². The lowest BCUT2D eigenvalue weighted by Gasteiger charge is -2.37. The quantitative estimate of drug-likeness (QED) is 0.00837. The fourth-order valence-electron chi connectivity index (χ4n) is 9.17. The molecule has 4 rings (SSSR count). The van der Waals surface area contributed by atoms with Crippen molar-refractivity contribution in [1.82, 2.24) is 0 Å². The first-order valence-electron chi connectivity index (χ1n) is 27.5. The van der Waals surface area contributed by atoms with Gasteiger partial charge in [0.15, 0.2) is 6.10 Å². The van der Waals surface area contributed by atoms with Gasteiger partial charge in [-0.15, -0.1) is 0 Å². The number of halogens is 5. The number of carbonyl (C=O) groups is 3. The molecular formula is C61H81F5O7. The lowest BCUT2D eigenvalue weighted by molar-refractivity contribution is -0.165. The van der Waals surface area contributed by atoms with E-state index in [1.165, 1.54) is 140 Å². The predicted molar refractivity (Wildman–Crippen MR) is 278 cm³/mol. The van der Waals surface area contributed by atoms with E-state index in [4.69, 9.17) is 18.9 Å². The summed E-state index contributed by atoms with van der Waals surface area (Å²) in [5.41, 5.74) is 0.00100. The molecule has 0 aliphatic heterocycles. The molecular weight excluding hydrogens is 940 g/mol. The van der Waals surface area contributed by atoms with Gasteiger partial charge in [-0.05, 0) is 41.7 Å². The Kier molecular flexibility index (Phi) is 29.1. The summed E-state index contributed by atoms with van der Waals surface area (Å²) in [6, 6.07) is 23.9. The molecule has 0 fully saturated rings. The molecule has 1 atom stereocenters. The Morgan fingerprint density at radius 1 is 0.425 bits per heavy atom. The van der Waals surface area contributed by atoms with Crippen molar-refractivity contribution in [3.05, 3.63) is 136 Å². The first-order chi connectivity index (χ1) is 35.5. The van der Waals surface area contributed by atoms with E-state index in [0.717, 1.165) is 38.5 Å². The van der Waals surface area contributed by atoms with Crippen LogP contribution in [-0.4, -0.2) is 37.2 Å². The van der Waals surface area contributed by atoms with Gasteiger partial charge in [-0.2, -0.15) is 8.78 Å². The predicted octanol–water partition coefficient (Wildman–Crippen LogP) is 17.3. The number of hydrogen-bond acceptors (Lipinski definition) is 7. The number of rotatable bonds is 39. The lowest BCUT2D eigenvalue weighted by Crippen LogP contribution is -2.38. The summed E-state index contributed by atoms with van der Waals surface area (Å²) in [6.07, 6.45) is 29.9. The molecule has 1 unspecified atom stereocenters. The van der Waals surface area contributed by atoms with Crippen molar-refractivity contribution < 1.29 is 55.3 Å². The molecule has 0 amide bonds. The third-order valence-corrected chi connectivity index (χ3v) is 13.4. The molecule has 4 aromatic carbocycles. The van der Waals surface area contributed by atoms with Gasteiger partial charge in [-0.1, -0.05) is 241 Å². The molecule has 0 heterocycles. The van der Waals surface area contributed by atoms with E-state index in [2.05, 4.69) is 13.8 Å². The van der Waals surface area contributed by atoms with Gasteiger partial charge in [0.25, 0.3) is 0 Å². The van der Waals surface area contributed by atoms with Gasteiger partial charge in [0.05, 0.1) is 12.2 Å². The number of ether oxygens (including phenoxy) is 4. The maximum Gasteiger partial charge on any atom is 0.343 e. The van der Waals surface area contributed by atoms with Crippen LogP contribution in [0, 0.1) is 29.1 Å². The molecule has 7 nitrogen and oxygen atoms in total. The molecule has 0 saturated heterocycles. The van der Waals surface area contributed by atoms with Crippen molar-refractivity contribution in [2.45, 2.75) is 205 Å². The minimum atomic E-state index is -2.38. The molecule has 12 heteroatoms. The third-order valence-electron chi connectivity index (χ3n) is 13.4. The molecule has 0 N–H and O–H groups in total. The molecule has 0 saturated carbocycles. The topological polar surface area (TPSA) is 88.1 Å². The second-order valence-corrected chi connectivity index (χ2v) is 19.4. The SMILES string of the molecule is CCCCCCCCCCCCCCCC(=O)OCC(COC(c1ccccc1)(c1ccccc1)c1ccc(C(=O)Oc2c(F)c(F)c(F)c(F)c2F)cc1)OC(=O)CCCCCCCCCCCCCCC. The summed E-state index contributed by atoms with van der Waals surface area (Å²) in [4.78, 5) is 39.8. The van der Waals surface area contributed by atoms with Gasteiger partial charge in [0, 0.05) is 12.8 Å². The first kappa shape index (κ1) is 60.5. The van der Waals surface area contributed by atoms with Crippen LogP contribution in [0.3, 0.4) is 0 Å². The number of carbonyl (C=O) groups excluding carboxylic acids is 3. The molecule has 4 aromatic rings. The van der Waals surface area contributed by atoms with E-state index < -0.39 is 64.4 Å². The monoisotopic (exact) mass is 1020 g/mol. The first-order valence-corrected chi connectivity index (χ1v) is 27.5. The van der Waals surface area contributed by atoms with Crippen LogP contribution in [0.5, 0.6) is 5.75 Å². The van der Waals surface area contributed by atoms with Crippen LogP contribution in [0.2, 0.25) is 0 Å². The van der Waals surface area contributed by atoms with Gasteiger partial charge in [0.1, 0.15) is 12.2 Å². The zero-order valence-electron chi connectivity index (χ0n) is 43.6. The minimum absolute atomic E-state index is 0.187. The highest BCUT2D eigenvalue weighted by atomic mass is 19.2. The maximum atomic E-state index is 14.5. The normalized spacial score (nSPS) is 11.9. The van der Waals surface area contributed by atoms with Crippen LogP contribution < -0.4 is 4.74 Å². The Morgan fingerprint density at radius 2 is 0.781 bits per heavy atom. The molecule has 73 heavy (non-hydrogen) atoms. The number of hydrogen-bond donors (Lipinski definition) is 0. The third kappa shape index (κ3) is 21.0. The van der Waals surface area contributed by atoms with Crippen LogP contribution in [0.15, 0.2) is 84.9 Å². The van der Waals surface area contributed by atoms with Crippen LogP contribution in [0.1, 0.15) is 221 Å². The molecule has 402 valence electrons. The molecule has 0 bridgehead atoms. The van der Waals surface area contributed by atoms with E-state index in [1.807, 2.05) is 60.7 Å². The lowest BCUT2D eigenvalue weighted by atomic mass is 9.79. The fourth-order valence-corrected chi connectivity index (χ4v) is 9.17. The standard InChI is InChI=1S/C61H81F5O7/c1-3-5-7-9-11-13-15-17-19-21-23-25-33-39-52(67)70-45-51(72-53(68)40-34-26-24-22-20-18-16-14-12-10-8-6-4-2)46-71-61(48-35-29-27-30-36-48,49-37-31-28-32-38-49)50-43-41-47(42-44-50)60(69)73-59-57(65)55(63)54(62)56(64)58(59)66/h27-32,35-38,41-44,51H,3-26,33-34,39-40,45-46H2,1-2H3. The summed E-state index contributed by atoms with van der Waals surface area (Å²) in [5.74, 6) is -15.4. The summed E-state index contributed by atoms with van der Waals surface area (Å²) in [7, 11) is 0. The Bertz CT molecular complexity index is 2100. The summed E-state index contributed by atoms with van der Waals surface area (Å²) in [6.45, 7) is 3.99. The average molecular weight is 1020 g/mol. The highest BCUT2D eigenvalue weighted by Crippen LogP contribution is 2.41. The van der Waals surface area contributed by atoms with Crippen LogP contribution >= 0.6 is 0 Å². The van der Waals surface area contributed by atoms with Crippen molar-refractivity contribution >= 4 is 17.9 Å². The smallest absolute Gasteiger partial charge is 0.343 e. The molecule has 0 spiro atoms. The van der Waals surface area contributed by atoms with Crippen molar-refractivity contribution in [3.8, 4) is 5.75 Å². The number of esters is 3. The van der Waals surface area contributed by atoms with E-state index in [9.17, 15) is 36.3 Å². The summed E-state index contributed by atoms with van der Waals surface area (Å²) in [5, 5.41) is 0. The number of benzene rings is 4. The molecule has 0 aliphatic carbocycles. The van der Waals surface area contributed by atoms with Crippen LogP contribution in [-0.2, 0) is 29.4 Å². The Morgan fingerprint density at radius 3 is 1.19 bits per heavy atom. The van der Waals surface area contributed by atoms with Crippen molar-refractivity contribution in [3.63, 3.8) is 0 Å². The van der Waals surface area contributed by atoms with Crippen LogP contribution in [0.25, 0.3) is 0 Å². The van der Waals surface area contributed by atoms with Gasteiger partial charge in [0.2, 0.25) is 34.8 Å². The minimum Gasteiger partial charge on any atom is -0.462 e. The van der Waals surface area contributed by atoms with Gasteiger partial charge < -0.3 is 18.9 Å². The molecule has 0 aliphatic rings. The average Bonchev–Trinajstić information content (AvgIpc) is 3.41. The highest BCUT2D eigenvalue weighted by Gasteiger charge is 2.39. The van der Waals surface area contributed by atoms with E-state index in [0.29, 0.717) is 29.5 Å².